The summed E-state index contributed by atoms with van der Waals surface area (Å²) in [7, 11) is 1.69. The highest BCUT2D eigenvalue weighted by molar-refractivity contribution is 6.14. The lowest BCUT2D eigenvalue weighted by atomic mass is 9.89. The summed E-state index contributed by atoms with van der Waals surface area (Å²) in [6, 6.07) is 22.8. The molecule has 4 rings (SSSR count). The minimum atomic E-state index is -0.194. The van der Waals surface area contributed by atoms with E-state index in [1.165, 1.54) is 0 Å². The van der Waals surface area contributed by atoms with Crippen LogP contribution in [0.3, 0.4) is 0 Å². The highest BCUT2D eigenvalue weighted by Crippen LogP contribution is 2.45. The van der Waals surface area contributed by atoms with Crippen LogP contribution >= 0.6 is 0 Å². The zero-order chi connectivity index (χ0) is 22.8. The average Bonchev–Trinajstić information content (AvgIpc) is 2.82. The summed E-state index contributed by atoms with van der Waals surface area (Å²) in [6.45, 7) is 9.86. The van der Waals surface area contributed by atoms with Gasteiger partial charge in [0.25, 0.3) is 0 Å². The highest BCUT2D eigenvalue weighted by atomic mass is 16.5. The van der Waals surface area contributed by atoms with Gasteiger partial charge in [-0.3, -0.25) is 4.79 Å². The first-order valence-corrected chi connectivity index (χ1v) is 11.0. The van der Waals surface area contributed by atoms with E-state index in [0.717, 1.165) is 49.7 Å². The van der Waals surface area contributed by atoms with Crippen LogP contribution in [0, 0.1) is 18.8 Å². The van der Waals surface area contributed by atoms with Gasteiger partial charge in [-0.15, -0.1) is 6.58 Å². The molecule has 0 heterocycles. The number of rotatable bonds is 6. The summed E-state index contributed by atoms with van der Waals surface area (Å²) in [5.74, 6) is 0.644. The monoisotopic (exact) mass is 423 g/mol. The van der Waals surface area contributed by atoms with Gasteiger partial charge in [0.15, 0.2) is 0 Å². The number of allylic oxidation sites excluding steroid dienone is 1. The second kappa shape index (κ2) is 8.88. The Morgan fingerprint density at radius 3 is 2.22 bits per heavy atom. The third-order valence-electron chi connectivity index (χ3n) is 6.43. The Labute approximate surface area is 189 Å². The van der Waals surface area contributed by atoms with E-state index in [4.69, 9.17) is 4.74 Å². The van der Waals surface area contributed by atoms with E-state index in [1.54, 1.807) is 7.11 Å². The van der Waals surface area contributed by atoms with Crippen molar-refractivity contribution in [3.63, 3.8) is 0 Å². The number of hydrogen-bond acceptors (Lipinski definition) is 2. The first-order valence-electron chi connectivity index (χ1n) is 11.0. The molecule has 32 heavy (non-hydrogen) atoms. The topological polar surface area (TPSA) is 38.3 Å². The van der Waals surface area contributed by atoms with Crippen LogP contribution in [0.1, 0.15) is 19.4 Å². The van der Waals surface area contributed by atoms with Crippen LogP contribution in [0.25, 0.3) is 32.7 Å². The van der Waals surface area contributed by atoms with Crippen molar-refractivity contribution in [3.8, 4) is 16.9 Å². The fraction of sp³-hybridized carbons (Fsp3) is 0.207. The maximum absolute atomic E-state index is 13.2. The molecule has 0 saturated heterocycles. The lowest BCUT2D eigenvalue weighted by Gasteiger charge is -2.23. The van der Waals surface area contributed by atoms with Crippen molar-refractivity contribution in [1.29, 1.82) is 0 Å². The van der Waals surface area contributed by atoms with Crippen LogP contribution in [0.15, 0.2) is 79.4 Å². The summed E-state index contributed by atoms with van der Waals surface area (Å²) in [6.07, 6.45) is 1.83. The molecule has 0 bridgehead atoms. The molecule has 0 aliphatic carbocycles. The van der Waals surface area contributed by atoms with Crippen LogP contribution in [0.2, 0.25) is 0 Å². The van der Waals surface area contributed by atoms with Gasteiger partial charge < -0.3 is 10.1 Å². The number of nitrogens with one attached hydrogen (secondary N) is 1. The molecule has 2 atom stereocenters. The lowest BCUT2D eigenvalue weighted by Crippen LogP contribution is -2.25. The molecule has 4 aromatic carbocycles. The van der Waals surface area contributed by atoms with Crippen LogP contribution < -0.4 is 10.1 Å². The standard InChI is InChI=1S/C29H29NO2/c1-6-18(2)20(4)29(31)30-28-19(3)17-22-12-8-10-14-24(22)27(28)26-23-13-9-7-11-21(23)15-16-25(26)32-5/h6-18,20H,1H2,2-5H3,(H,30,31)/t18-,20-/m0/s1. The molecular formula is C29H29NO2. The largest absolute Gasteiger partial charge is 0.496 e. The second-order valence-electron chi connectivity index (χ2n) is 8.40. The molecule has 0 aromatic heterocycles. The van der Waals surface area contributed by atoms with Crippen molar-refractivity contribution in [2.24, 2.45) is 11.8 Å². The molecule has 3 heteroatoms. The van der Waals surface area contributed by atoms with E-state index in [1.807, 2.05) is 57.2 Å². The van der Waals surface area contributed by atoms with Crippen molar-refractivity contribution in [1.82, 2.24) is 0 Å². The maximum Gasteiger partial charge on any atom is 0.227 e. The predicted octanol–water partition coefficient (Wildman–Crippen LogP) is 7.37. The van der Waals surface area contributed by atoms with E-state index >= 15 is 0 Å². The number of fused-ring (bicyclic) bond motifs is 2. The first kappa shape index (κ1) is 21.6. The number of ether oxygens (including phenoxy) is 1. The van der Waals surface area contributed by atoms with Crippen molar-refractivity contribution >= 4 is 33.1 Å². The van der Waals surface area contributed by atoms with Crippen LogP contribution in [0.5, 0.6) is 5.75 Å². The van der Waals surface area contributed by atoms with E-state index < -0.39 is 0 Å². The summed E-state index contributed by atoms with van der Waals surface area (Å²) < 4.78 is 5.83. The molecule has 0 unspecified atom stereocenters. The van der Waals surface area contributed by atoms with Gasteiger partial charge in [0.05, 0.1) is 12.8 Å². The van der Waals surface area contributed by atoms with Crippen molar-refractivity contribution < 1.29 is 9.53 Å². The van der Waals surface area contributed by atoms with Crippen molar-refractivity contribution in [2.45, 2.75) is 20.8 Å². The second-order valence-corrected chi connectivity index (χ2v) is 8.40. The van der Waals surface area contributed by atoms with E-state index in [2.05, 4.69) is 48.3 Å². The molecule has 0 aliphatic heterocycles. The normalized spacial score (nSPS) is 13.0. The van der Waals surface area contributed by atoms with E-state index in [0.29, 0.717) is 0 Å². The SMILES string of the molecule is C=C[C@H](C)[C@H](C)C(=O)Nc1c(C)cc2ccccc2c1-c1c(OC)ccc2ccccc12. The molecule has 0 fully saturated rings. The van der Waals surface area contributed by atoms with Crippen LogP contribution in [-0.2, 0) is 4.79 Å². The predicted molar refractivity (Wildman–Crippen MR) is 135 cm³/mol. The molecule has 1 N–H and O–H groups in total. The Morgan fingerprint density at radius 1 is 0.938 bits per heavy atom. The number of amides is 1. The molecular weight excluding hydrogens is 394 g/mol. The summed E-state index contributed by atoms with van der Waals surface area (Å²) in [5.41, 5.74) is 3.82. The molecule has 162 valence electrons. The molecule has 0 aliphatic rings. The van der Waals surface area contributed by atoms with Gasteiger partial charge in [0, 0.05) is 17.0 Å². The quantitative estimate of drug-likeness (QED) is 0.329. The van der Waals surface area contributed by atoms with Gasteiger partial charge in [0.1, 0.15) is 5.75 Å². The number of carbonyl (C=O) groups excluding carboxylic acids is 1. The molecule has 1 amide bonds. The summed E-state index contributed by atoms with van der Waals surface area (Å²) in [4.78, 5) is 13.2. The van der Waals surface area contributed by atoms with E-state index in [9.17, 15) is 4.79 Å². The number of hydrogen-bond donors (Lipinski definition) is 1. The third-order valence-corrected chi connectivity index (χ3v) is 6.43. The van der Waals surface area contributed by atoms with Crippen LogP contribution in [0.4, 0.5) is 5.69 Å². The van der Waals surface area contributed by atoms with Crippen LogP contribution in [-0.4, -0.2) is 13.0 Å². The van der Waals surface area contributed by atoms with Gasteiger partial charge in [-0.05, 0) is 52.1 Å². The highest BCUT2D eigenvalue weighted by Gasteiger charge is 2.23. The lowest BCUT2D eigenvalue weighted by molar-refractivity contribution is -0.120. The fourth-order valence-electron chi connectivity index (χ4n) is 4.27. The smallest absolute Gasteiger partial charge is 0.227 e. The number of benzene rings is 4. The Kier molecular flexibility index (Phi) is 6.00. The zero-order valence-electron chi connectivity index (χ0n) is 19.1. The summed E-state index contributed by atoms with van der Waals surface area (Å²) in [5, 5.41) is 7.67. The molecule has 0 radical (unpaired) electrons. The minimum absolute atomic E-state index is 0.0174. The Morgan fingerprint density at radius 2 is 1.56 bits per heavy atom. The Hall–Kier alpha value is -3.59. The van der Waals surface area contributed by atoms with Gasteiger partial charge in [-0.1, -0.05) is 74.5 Å². The summed E-state index contributed by atoms with van der Waals surface area (Å²) >= 11 is 0. The van der Waals surface area contributed by atoms with Gasteiger partial charge >= 0.3 is 0 Å². The molecule has 0 spiro atoms. The Bertz CT molecular complexity index is 1320. The van der Waals surface area contributed by atoms with Gasteiger partial charge in [-0.25, -0.2) is 0 Å². The van der Waals surface area contributed by atoms with E-state index in [-0.39, 0.29) is 17.7 Å². The molecule has 4 aromatic rings. The minimum Gasteiger partial charge on any atom is -0.496 e. The van der Waals surface area contributed by atoms with Gasteiger partial charge in [-0.2, -0.15) is 0 Å². The third kappa shape index (κ3) is 3.75. The van der Waals surface area contributed by atoms with Crippen molar-refractivity contribution in [2.75, 3.05) is 12.4 Å². The first-order chi connectivity index (χ1) is 15.5. The maximum atomic E-state index is 13.2. The average molecular weight is 424 g/mol. The number of carbonyl (C=O) groups is 1. The number of aryl methyl sites for hydroxylation is 1. The van der Waals surface area contributed by atoms with Gasteiger partial charge in [0.2, 0.25) is 5.91 Å². The fourth-order valence-corrected chi connectivity index (χ4v) is 4.27. The molecule has 0 saturated carbocycles. The van der Waals surface area contributed by atoms with Crippen molar-refractivity contribution in [3.05, 3.63) is 84.9 Å². The zero-order valence-corrected chi connectivity index (χ0v) is 19.1. The molecule has 3 nitrogen and oxygen atoms in total. The Balaban J connectivity index is 2.05. The number of anilines is 1. The number of methoxy groups -OCH3 is 1.